The Hall–Kier alpha value is 1.52. The lowest BCUT2D eigenvalue weighted by Gasteiger charge is -2.17. The van der Waals surface area contributed by atoms with E-state index in [1.165, 1.54) is 19.3 Å². The lowest BCUT2D eigenvalue weighted by molar-refractivity contribution is 0.0973. The van der Waals surface area contributed by atoms with Crippen LogP contribution in [0.1, 0.15) is 33.1 Å². The Morgan fingerprint density at radius 3 is 2.69 bits per heavy atom. The number of ether oxygens (including phenoxy) is 1. The second kappa shape index (κ2) is 7.77. The van der Waals surface area contributed by atoms with Crippen LogP contribution < -0.4 is 0 Å². The van der Waals surface area contributed by atoms with Gasteiger partial charge >= 0.3 is 0 Å². The minimum atomic E-state index is 0. The number of alkyl halides is 2. The van der Waals surface area contributed by atoms with Crippen LogP contribution in [0.3, 0.4) is 0 Å². The Bertz CT molecular complexity index is 137. The maximum absolute atomic E-state index is 5.72. The summed E-state index contributed by atoms with van der Waals surface area (Å²) in [6.45, 7) is 0. The number of hydrogen-bond donors (Lipinski definition) is 1. The van der Waals surface area contributed by atoms with Crippen LogP contribution >= 0.6 is 51.1 Å². The van der Waals surface area contributed by atoms with Gasteiger partial charge < -0.3 is 4.74 Å². The maximum atomic E-state index is 5.72. The van der Waals surface area contributed by atoms with Crippen LogP contribution in [-0.4, -0.2) is 20.8 Å². The molecule has 1 aliphatic heterocycles. The van der Waals surface area contributed by atoms with Gasteiger partial charge in [0.1, 0.15) is 4.11 Å². The van der Waals surface area contributed by atoms with Crippen LogP contribution in [0.25, 0.3) is 0 Å². The molecule has 0 aromatic heterocycles. The maximum Gasteiger partial charge on any atom is 0.109 e. The molecule has 1 rings (SSSR count). The lowest BCUT2D eigenvalue weighted by Crippen LogP contribution is -2.20. The van der Waals surface area contributed by atoms with Crippen molar-refractivity contribution in [1.82, 2.24) is 0 Å². The average Bonchev–Trinajstić information content (AvgIpc) is 2.47. The van der Waals surface area contributed by atoms with Gasteiger partial charge in [0.2, 0.25) is 0 Å². The number of thiol groups is 1. The first kappa shape index (κ1) is 14.5. The van der Waals surface area contributed by atoms with Gasteiger partial charge in [-0.25, -0.2) is 0 Å². The molecule has 0 saturated carbocycles. The molecular formula is C9H18BrIOS. The van der Waals surface area contributed by atoms with Crippen molar-refractivity contribution in [2.24, 2.45) is 0 Å². The van der Waals surface area contributed by atoms with Crippen molar-refractivity contribution in [1.29, 1.82) is 0 Å². The molecule has 0 amide bonds. The highest BCUT2D eigenvalue weighted by molar-refractivity contribution is 14.1. The van der Waals surface area contributed by atoms with E-state index in [1.807, 2.05) is 0 Å². The monoisotopic (exact) mass is 380 g/mol. The second-order valence-electron chi connectivity index (χ2n) is 3.06. The molecule has 1 heterocycles. The molecule has 3 unspecified atom stereocenters. The summed E-state index contributed by atoms with van der Waals surface area (Å²) >= 11 is 10.3. The smallest absolute Gasteiger partial charge is 0.109 e. The van der Waals surface area contributed by atoms with Crippen LogP contribution in [0.15, 0.2) is 0 Å². The highest BCUT2D eigenvalue weighted by Gasteiger charge is 2.27. The fraction of sp³-hybridized carbons (Fsp3) is 1.00. The highest BCUT2D eigenvalue weighted by atomic mass is 127. The Morgan fingerprint density at radius 2 is 2.23 bits per heavy atom. The largest absolute Gasteiger partial charge is 0.364 e. The van der Waals surface area contributed by atoms with Gasteiger partial charge in [0.25, 0.3) is 0 Å². The molecule has 0 spiro atoms. The molecular weight excluding hydrogens is 363 g/mol. The summed E-state index contributed by atoms with van der Waals surface area (Å²) in [5.41, 5.74) is 0. The van der Waals surface area contributed by atoms with Crippen LogP contribution in [0, 0.1) is 0 Å². The fourth-order valence-electron chi connectivity index (χ4n) is 1.38. The van der Waals surface area contributed by atoms with E-state index >= 15 is 0 Å². The number of halogens is 2. The standard InChI is InChI=1S/C8H14BrIOS.CH4/c9-5-1-2-7(12)6-3-4-8(10)11-6;/h6-8,12H,1-5H2;1H4. The number of rotatable bonds is 4. The summed E-state index contributed by atoms with van der Waals surface area (Å²) in [5.74, 6) is 0. The molecule has 0 bridgehead atoms. The molecule has 0 radical (unpaired) electrons. The zero-order chi connectivity index (χ0) is 8.97. The lowest BCUT2D eigenvalue weighted by atomic mass is 10.1. The summed E-state index contributed by atoms with van der Waals surface area (Å²) < 4.78 is 6.14. The van der Waals surface area contributed by atoms with Crippen molar-refractivity contribution in [2.45, 2.75) is 48.6 Å². The summed E-state index contributed by atoms with van der Waals surface area (Å²) in [5, 5.41) is 1.51. The van der Waals surface area contributed by atoms with Crippen LogP contribution in [-0.2, 0) is 4.74 Å². The SMILES string of the molecule is C.SC(CCCBr)C1CCC(I)O1. The average molecular weight is 381 g/mol. The van der Waals surface area contributed by atoms with Gasteiger partial charge in [-0.05, 0) is 25.7 Å². The molecule has 0 aliphatic carbocycles. The third kappa shape index (κ3) is 5.23. The van der Waals surface area contributed by atoms with Crippen molar-refractivity contribution >= 4 is 51.1 Å². The number of hydrogen-bond acceptors (Lipinski definition) is 2. The van der Waals surface area contributed by atoms with Gasteiger partial charge in [0.05, 0.1) is 6.10 Å². The zero-order valence-corrected chi connectivity index (χ0v) is 11.5. The van der Waals surface area contributed by atoms with E-state index in [1.54, 1.807) is 0 Å². The first-order chi connectivity index (χ1) is 5.74. The Labute approximate surface area is 109 Å². The van der Waals surface area contributed by atoms with E-state index in [0.717, 1.165) is 11.8 Å². The summed E-state index contributed by atoms with van der Waals surface area (Å²) in [4.78, 5) is 0. The van der Waals surface area contributed by atoms with Gasteiger partial charge in [-0.3, -0.25) is 0 Å². The minimum Gasteiger partial charge on any atom is -0.364 e. The minimum absolute atomic E-state index is 0. The molecule has 1 saturated heterocycles. The van der Waals surface area contributed by atoms with Crippen molar-refractivity contribution in [3.63, 3.8) is 0 Å². The van der Waals surface area contributed by atoms with Crippen LogP contribution in [0.5, 0.6) is 0 Å². The van der Waals surface area contributed by atoms with Crippen molar-refractivity contribution in [3.8, 4) is 0 Å². The summed E-state index contributed by atoms with van der Waals surface area (Å²) in [6.07, 6.45) is 5.12. The third-order valence-corrected chi connectivity index (χ3v) is 4.13. The van der Waals surface area contributed by atoms with Gasteiger partial charge in [-0.15, -0.1) is 0 Å². The predicted molar refractivity (Wildman–Crippen MR) is 74.4 cm³/mol. The van der Waals surface area contributed by atoms with Gasteiger partial charge in [0.15, 0.2) is 0 Å². The van der Waals surface area contributed by atoms with Gasteiger partial charge in [-0.2, -0.15) is 12.6 Å². The quantitative estimate of drug-likeness (QED) is 0.440. The second-order valence-corrected chi connectivity index (χ2v) is 5.91. The van der Waals surface area contributed by atoms with E-state index in [0.29, 0.717) is 15.5 Å². The van der Waals surface area contributed by atoms with Gasteiger partial charge in [0, 0.05) is 10.6 Å². The summed E-state index contributed by atoms with van der Waals surface area (Å²) in [7, 11) is 0. The molecule has 4 heteroatoms. The van der Waals surface area contributed by atoms with E-state index in [4.69, 9.17) is 4.74 Å². The highest BCUT2D eigenvalue weighted by Crippen LogP contribution is 2.29. The predicted octanol–water partition coefficient (Wildman–Crippen LogP) is 4.04. The normalized spacial score (nSPS) is 29.8. The van der Waals surface area contributed by atoms with Crippen LogP contribution in [0.4, 0.5) is 0 Å². The molecule has 13 heavy (non-hydrogen) atoms. The molecule has 0 aromatic carbocycles. The Kier molecular flexibility index (Phi) is 8.67. The van der Waals surface area contributed by atoms with Crippen molar-refractivity contribution in [3.05, 3.63) is 0 Å². The topological polar surface area (TPSA) is 9.23 Å². The summed E-state index contributed by atoms with van der Waals surface area (Å²) in [6, 6.07) is 0. The van der Waals surface area contributed by atoms with E-state index in [9.17, 15) is 0 Å². The van der Waals surface area contributed by atoms with E-state index in [2.05, 4.69) is 51.1 Å². The van der Waals surface area contributed by atoms with E-state index < -0.39 is 0 Å². The molecule has 0 N–H and O–H groups in total. The van der Waals surface area contributed by atoms with Crippen molar-refractivity contribution < 1.29 is 4.74 Å². The molecule has 1 fully saturated rings. The fourth-order valence-corrected chi connectivity index (χ4v) is 2.84. The first-order valence-corrected chi connectivity index (χ1v) is 7.16. The Morgan fingerprint density at radius 1 is 1.54 bits per heavy atom. The molecule has 1 aliphatic rings. The Balaban J connectivity index is 0.00000144. The molecule has 0 aromatic rings. The first-order valence-electron chi connectivity index (χ1n) is 4.27. The third-order valence-electron chi connectivity index (χ3n) is 2.06. The van der Waals surface area contributed by atoms with Crippen LogP contribution in [0.2, 0.25) is 0 Å². The molecule has 3 atom stereocenters. The molecule has 1 nitrogen and oxygen atoms in total. The van der Waals surface area contributed by atoms with E-state index in [-0.39, 0.29) is 7.43 Å². The molecule has 80 valence electrons. The van der Waals surface area contributed by atoms with Gasteiger partial charge in [-0.1, -0.05) is 45.9 Å². The van der Waals surface area contributed by atoms with Crippen molar-refractivity contribution in [2.75, 3.05) is 5.33 Å². The zero-order valence-electron chi connectivity index (χ0n) is 6.88.